The summed E-state index contributed by atoms with van der Waals surface area (Å²) >= 11 is 1.27. The number of nitrogens with one attached hydrogen (secondary N) is 2. The average molecular weight is 511 g/mol. The van der Waals surface area contributed by atoms with Crippen molar-refractivity contribution in [2.75, 3.05) is 31.1 Å². The number of hydrogen-bond acceptors (Lipinski definition) is 7. The van der Waals surface area contributed by atoms with Crippen LogP contribution in [0.2, 0.25) is 0 Å². The van der Waals surface area contributed by atoms with Crippen LogP contribution in [-0.2, 0) is 16.6 Å². The Bertz CT molecular complexity index is 1450. The van der Waals surface area contributed by atoms with E-state index in [1.807, 2.05) is 61.5 Å². The van der Waals surface area contributed by atoms with Crippen LogP contribution in [0.5, 0.6) is 17.2 Å². The summed E-state index contributed by atoms with van der Waals surface area (Å²) in [6, 6.07) is 20.6. The molecule has 0 bridgehead atoms. The lowest BCUT2D eigenvalue weighted by molar-refractivity contribution is 0.162. The number of fused-ring (bicyclic) bond motifs is 2. The van der Waals surface area contributed by atoms with Gasteiger partial charge in [0.2, 0.25) is 5.75 Å². The molecule has 35 heavy (non-hydrogen) atoms. The first kappa shape index (κ1) is 23.5. The van der Waals surface area contributed by atoms with Crippen molar-refractivity contribution in [1.29, 1.82) is 0 Å². The summed E-state index contributed by atoms with van der Waals surface area (Å²) in [6.45, 7) is 4.69. The van der Waals surface area contributed by atoms with Gasteiger partial charge in [-0.1, -0.05) is 35.9 Å². The molecule has 0 aliphatic carbocycles. The van der Waals surface area contributed by atoms with Crippen LogP contribution in [0.25, 0.3) is 10.1 Å². The molecule has 5 rings (SSSR count). The van der Waals surface area contributed by atoms with Gasteiger partial charge in [-0.2, -0.15) is 0 Å². The molecule has 4 aromatic rings. The van der Waals surface area contributed by atoms with E-state index >= 15 is 0 Å². The zero-order valence-corrected chi connectivity index (χ0v) is 20.9. The Balaban J connectivity index is 1.16. The zero-order chi connectivity index (χ0) is 24.3. The second-order valence-electron chi connectivity index (χ2n) is 8.22. The zero-order valence-electron chi connectivity index (χ0n) is 19.2. The molecule has 0 fully saturated rings. The normalized spacial score (nSPS) is 13.1. The standard InChI is InChI=1S/C26H26N2O5S2/c1-18-8-9-24-20(14-18)16-25(34-24)35(29,30)28-21-5-2-4-19(15-21)17-27-10-11-31-22-6-3-7-23-26(22)33-13-12-32-23/h2-9,14-16,27-28H,10-13,17H2,1H3. The number of aryl methyl sites for hydroxylation is 1. The summed E-state index contributed by atoms with van der Waals surface area (Å²) in [7, 11) is -3.67. The van der Waals surface area contributed by atoms with Crippen LogP contribution in [0.1, 0.15) is 11.1 Å². The summed E-state index contributed by atoms with van der Waals surface area (Å²) in [4.78, 5) is 0. The molecule has 0 amide bonds. The topological polar surface area (TPSA) is 85.9 Å². The van der Waals surface area contributed by atoms with Gasteiger partial charge in [0.05, 0.1) is 0 Å². The van der Waals surface area contributed by atoms with Gasteiger partial charge in [0.1, 0.15) is 24.0 Å². The first-order chi connectivity index (χ1) is 17.0. The molecule has 1 aliphatic heterocycles. The third-order valence-electron chi connectivity index (χ3n) is 5.49. The molecule has 7 nitrogen and oxygen atoms in total. The van der Waals surface area contributed by atoms with E-state index in [-0.39, 0.29) is 0 Å². The molecule has 2 heterocycles. The lowest BCUT2D eigenvalue weighted by Crippen LogP contribution is -2.21. The third-order valence-corrected chi connectivity index (χ3v) is 8.46. The highest BCUT2D eigenvalue weighted by atomic mass is 32.2. The van der Waals surface area contributed by atoms with E-state index in [0.29, 0.717) is 60.1 Å². The second-order valence-corrected chi connectivity index (χ2v) is 11.2. The number of rotatable bonds is 9. The van der Waals surface area contributed by atoms with Gasteiger partial charge >= 0.3 is 0 Å². The van der Waals surface area contributed by atoms with E-state index in [0.717, 1.165) is 21.2 Å². The molecule has 0 saturated carbocycles. The number of hydrogen-bond donors (Lipinski definition) is 2. The lowest BCUT2D eigenvalue weighted by atomic mass is 10.2. The van der Waals surface area contributed by atoms with Crippen LogP contribution in [0.15, 0.2) is 70.9 Å². The molecular weight excluding hydrogens is 484 g/mol. The number of para-hydroxylation sites is 1. The fourth-order valence-electron chi connectivity index (χ4n) is 3.85. The maximum absolute atomic E-state index is 13.0. The van der Waals surface area contributed by atoms with Gasteiger partial charge in [-0.05, 0) is 54.3 Å². The Hall–Kier alpha value is -3.27. The first-order valence-electron chi connectivity index (χ1n) is 11.3. The molecule has 0 atom stereocenters. The molecule has 2 N–H and O–H groups in total. The summed E-state index contributed by atoms with van der Waals surface area (Å²) in [5.74, 6) is 2.01. The lowest BCUT2D eigenvalue weighted by Gasteiger charge is -2.20. The molecule has 3 aromatic carbocycles. The van der Waals surface area contributed by atoms with Crippen molar-refractivity contribution in [3.8, 4) is 17.2 Å². The van der Waals surface area contributed by atoms with Gasteiger partial charge in [0, 0.05) is 23.5 Å². The van der Waals surface area contributed by atoms with Crippen LogP contribution in [-0.4, -0.2) is 34.8 Å². The molecule has 0 spiro atoms. The summed E-state index contributed by atoms with van der Waals surface area (Å²) in [5, 5.41) is 4.26. The minimum atomic E-state index is -3.67. The van der Waals surface area contributed by atoms with Crippen molar-refractivity contribution in [1.82, 2.24) is 5.32 Å². The fraction of sp³-hybridized carbons (Fsp3) is 0.231. The Morgan fingerprint density at radius 1 is 1.00 bits per heavy atom. The van der Waals surface area contributed by atoms with Gasteiger partial charge in [-0.15, -0.1) is 11.3 Å². The molecule has 0 saturated heterocycles. The van der Waals surface area contributed by atoms with Crippen molar-refractivity contribution >= 4 is 37.1 Å². The Kier molecular flexibility index (Phi) is 6.81. The fourth-order valence-corrected chi connectivity index (χ4v) is 6.28. The maximum Gasteiger partial charge on any atom is 0.271 e. The van der Waals surface area contributed by atoms with E-state index < -0.39 is 10.0 Å². The van der Waals surface area contributed by atoms with Gasteiger partial charge < -0.3 is 19.5 Å². The highest BCUT2D eigenvalue weighted by Gasteiger charge is 2.18. The van der Waals surface area contributed by atoms with E-state index in [9.17, 15) is 8.42 Å². The Morgan fingerprint density at radius 2 is 1.86 bits per heavy atom. The number of sulfonamides is 1. The van der Waals surface area contributed by atoms with Crippen LogP contribution in [0.3, 0.4) is 0 Å². The van der Waals surface area contributed by atoms with Crippen molar-refractivity contribution in [3.05, 3.63) is 77.9 Å². The molecular formula is C26H26N2O5S2. The van der Waals surface area contributed by atoms with Crippen molar-refractivity contribution in [3.63, 3.8) is 0 Å². The minimum absolute atomic E-state index is 0.302. The van der Waals surface area contributed by atoms with Crippen molar-refractivity contribution in [2.24, 2.45) is 0 Å². The Labute approximate surface area is 208 Å². The van der Waals surface area contributed by atoms with Crippen LogP contribution in [0, 0.1) is 6.92 Å². The van der Waals surface area contributed by atoms with Gasteiger partial charge in [0.15, 0.2) is 11.5 Å². The highest BCUT2D eigenvalue weighted by molar-refractivity contribution is 7.94. The number of benzene rings is 3. The average Bonchev–Trinajstić information content (AvgIpc) is 3.28. The SMILES string of the molecule is Cc1ccc2sc(S(=O)(=O)Nc3cccc(CNCCOc4cccc5c4OCCO5)c3)cc2c1. The summed E-state index contributed by atoms with van der Waals surface area (Å²) in [6.07, 6.45) is 0. The number of thiophene rings is 1. The maximum atomic E-state index is 13.0. The molecule has 0 unspecified atom stereocenters. The van der Waals surface area contributed by atoms with E-state index in [2.05, 4.69) is 10.0 Å². The molecule has 9 heteroatoms. The Morgan fingerprint density at radius 3 is 2.77 bits per heavy atom. The largest absolute Gasteiger partial charge is 0.488 e. The predicted molar refractivity (Wildman–Crippen MR) is 138 cm³/mol. The molecule has 1 aromatic heterocycles. The van der Waals surface area contributed by atoms with Gasteiger partial charge in [-0.25, -0.2) is 8.42 Å². The van der Waals surface area contributed by atoms with Crippen LogP contribution >= 0.6 is 11.3 Å². The highest BCUT2D eigenvalue weighted by Crippen LogP contribution is 2.38. The van der Waals surface area contributed by atoms with Crippen LogP contribution < -0.4 is 24.2 Å². The molecule has 1 aliphatic rings. The predicted octanol–water partition coefficient (Wildman–Crippen LogP) is 4.95. The molecule has 0 radical (unpaired) electrons. The van der Waals surface area contributed by atoms with Crippen LogP contribution in [0.4, 0.5) is 5.69 Å². The van der Waals surface area contributed by atoms with E-state index in [4.69, 9.17) is 14.2 Å². The summed E-state index contributed by atoms with van der Waals surface area (Å²) < 4.78 is 47.0. The van der Waals surface area contributed by atoms with E-state index in [1.54, 1.807) is 12.1 Å². The number of anilines is 1. The molecule has 182 valence electrons. The second kappa shape index (κ2) is 10.2. The van der Waals surface area contributed by atoms with Crippen molar-refractivity contribution in [2.45, 2.75) is 17.7 Å². The number of ether oxygens (including phenoxy) is 3. The van der Waals surface area contributed by atoms with Gasteiger partial charge in [0.25, 0.3) is 10.0 Å². The van der Waals surface area contributed by atoms with Crippen molar-refractivity contribution < 1.29 is 22.6 Å². The quantitative estimate of drug-likeness (QED) is 0.310. The smallest absolute Gasteiger partial charge is 0.271 e. The first-order valence-corrected chi connectivity index (χ1v) is 13.6. The minimum Gasteiger partial charge on any atom is -0.488 e. The third kappa shape index (κ3) is 5.53. The summed E-state index contributed by atoms with van der Waals surface area (Å²) in [5.41, 5.74) is 2.59. The van der Waals surface area contributed by atoms with E-state index in [1.165, 1.54) is 11.3 Å². The monoisotopic (exact) mass is 510 g/mol. The van der Waals surface area contributed by atoms with Gasteiger partial charge in [-0.3, -0.25) is 4.72 Å².